The summed E-state index contributed by atoms with van der Waals surface area (Å²) in [5.74, 6) is 0. The summed E-state index contributed by atoms with van der Waals surface area (Å²) in [4.78, 5) is 5.04. The number of rotatable bonds is 3. The lowest BCUT2D eigenvalue weighted by Gasteiger charge is -2.31. The van der Waals surface area contributed by atoms with Crippen molar-refractivity contribution >= 4 is 129 Å². The fourth-order valence-electron chi connectivity index (χ4n) is 8.42. The highest BCUT2D eigenvalue weighted by atomic mass is 32.1. The molecule has 0 saturated carbocycles. The molecule has 4 bridgehead atoms. The van der Waals surface area contributed by atoms with Crippen LogP contribution in [0.25, 0.3) is 71.6 Å². The molecule has 0 amide bonds. The van der Waals surface area contributed by atoms with Crippen molar-refractivity contribution in [2.24, 2.45) is 0 Å². The Morgan fingerprint density at radius 2 is 0.868 bits per heavy atom. The molecule has 53 heavy (non-hydrogen) atoms. The third kappa shape index (κ3) is 4.36. The van der Waals surface area contributed by atoms with Gasteiger partial charge in [0.2, 0.25) is 0 Å². The molecule has 0 atom stereocenters. The molecule has 0 fully saturated rings. The van der Waals surface area contributed by atoms with Crippen LogP contribution in [-0.2, 0) is 0 Å². The molecule has 1 aliphatic heterocycles. The minimum Gasteiger partial charge on any atom is -0.309 e. The van der Waals surface area contributed by atoms with E-state index in [4.69, 9.17) is 0 Å². The molecule has 3 aromatic heterocycles. The van der Waals surface area contributed by atoms with Crippen LogP contribution in [-0.4, -0.2) is 0 Å². The van der Waals surface area contributed by atoms with Crippen LogP contribution < -0.4 is 9.80 Å². The molecular formula is C48H28N2S3. The number of fused-ring (bicyclic) bond motifs is 9. The second-order valence-corrected chi connectivity index (χ2v) is 16.9. The largest absolute Gasteiger partial charge is 0.309 e. The Morgan fingerprint density at radius 3 is 1.66 bits per heavy atom. The highest BCUT2D eigenvalue weighted by Crippen LogP contribution is 2.54. The van der Waals surface area contributed by atoms with Crippen molar-refractivity contribution in [2.75, 3.05) is 9.80 Å². The van der Waals surface area contributed by atoms with E-state index in [1.54, 1.807) is 0 Å². The van der Waals surface area contributed by atoms with Gasteiger partial charge in [0, 0.05) is 68.2 Å². The highest BCUT2D eigenvalue weighted by Gasteiger charge is 2.27. The van der Waals surface area contributed by atoms with Gasteiger partial charge in [0.15, 0.2) is 0 Å². The van der Waals surface area contributed by atoms with Crippen molar-refractivity contribution in [2.45, 2.75) is 0 Å². The fourth-order valence-corrected chi connectivity index (χ4v) is 11.9. The summed E-state index contributed by atoms with van der Waals surface area (Å²) < 4.78 is 7.81. The Balaban J connectivity index is 1.24. The number of thiophene rings is 3. The first kappa shape index (κ1) is 29.6. The standard InChI is InChI=1S/C48H28N2S3/c1-2-11-29(12-3-1)30-25-32-27-33(26-30)50(39-17-10-22-45-46(39)37-14-5-7-21-43(37)52-45)41-19-9-16-36-35-15-8-18-40(47(35)53-48(36)41)49(32)31-23-24-44-38(28-31)34-13-4-6-20-42(34)51-44/h1-28H. The van der Waals surface area contributed by atoms with Gasteiger partial charge in [0.05, 0.1) is 26.5 Å². The normalized spacial score (nSPS) is 12.8. The Morgan fingerprint density at radius 1 is 0.302 bits per heavy atom. The number of nitrogens with zero attached hydrogens (tertiary/aromatic N) is 2. The van der Waals surface area contributed by atoms with Crippen LogP contribution in [0.2, 0.25) is 0 Å². The first-order valence-corrected chi connectivity index (χ1v) is 20.3. The van der Waals surface area contributed by atoms with Gasteiger partial charge in [-0.15, -0.1) is 34.0 Å². The molecule has 11 aromatic rings. The summed E-state index contributed by atoms with van der Waals surface area (Å²) in [6.07, 6.45) is 0. The molecule has 5 heteroatoms. The third-order valence-corrected chi connectivity index (χ3v) is 14.3. The predicted octanol–water partition coefficient (Wildman–Crippen LogP) is 15.7. The van der Waals surface area contributed by atoms with Gasteiger partial charge in [-0.1, -0.05) is 97.1 Å². The zero-order valence-corrected chi connectivity index (χ0v) is 30.7. The molecule has 248 valence electrons. The van der Waals surface area contributed by atoms with Gasteiger partial charge in [-0.05, 0) is 83.9 Å². The molecule has 4 heterocycles. The molecule has 0 radical (unpaired) electrons. The fraction of sp³-hybridized carbons (Fsp3) is 0. The minimum atomic E-state index is 1.13. The van der Waals surface area contributed by atoms with E-state index < -0.39 is 0 Å². The van der Waals surface area contributed by atoms with E-state index in [9.17, 15) is 0 Å². The van der Waals surface area contributed by atoms with Gasteiger partial charge in [0.1, 0.15) is 0 Å². The lowest BCUT2D eigenvalue weighted by molar-refractivity contribution is 1.28. The number of anilines is 6. The van der Waals surface area contributed by atoms with Crippen LogP contribution in [0.4, 0.5) is 34.1 Å². The average molecular weight is 729 g/mol. The van der Waals surface area contributed by atoms with Crippen molar-refractivity contribution < 1.29 is 0 Å². The van der Waals surface area contributed by atoms with Crippen molar-refractivity contribution in [3.8, 4) is 11.1 Å². The second-order valence-electron chi connectivity index (χ2n) is 13.7. The quantitative estimate of drug-likeness (QED) is 0.179. The maximum absolute atomic E-state index is 2.54. The summed E-state index contributed by atoms with van der Waals surface area (Å²) >= 11 is 5.65. The van der Waals surface area contributed by atoms with E-state index >= 15 is 0 Å². The summed E-state index contributed by atoms with van der Waals surface area (Å²) in [5, 5.41) is 7.76. The van der Waals surface area contributed by atoms with Crippen LogP contribution in [0, 0.1) is 0 Å². The van der Waals surface area contributed by atoms with Gasteiger partial charge in [-0.3, -0.25) is 0 Å². The maximum atomic E-state index is 2.54. The maximum Gasteiger partial charge on any atom is 0.0640 e. The highest BCUT2D eigenvalue weighted by molar-refractivity contribution is 7.27. The second kappa shape index (κ2) is 11.3. The number of hydrogen-bond acceptors (Lipinski definition) is 5. The van der Waals surface area contributed by atoms with Gasteiger partial charge in [-0.2, -0.15) is 0 Å². The van der Waals surface area contributed by atoms with Crippen LogP contribution in [0.3, 0.4) is 0 Å². The monoisotopic (exact) mass is 728 g/mol. The van der Waals surface area contributed by atoms with Gasteiger partial charge < -0.3 is 9.80 Å². The van der Waals surface area contributed by atoms with Crippen LogP contribution in [0.1, 0.15) is 0 Å². The first-order chi connectivity index (χ1) is 26.3. The van der Waals surface area contributed by atoms with Gasteiger partial charge in [0.25, 0.3) is 0 Å². The van der Waals surface area contributed by atoms with E-state index in [0.717, 1.165) is 17.1 Å². The first-order valence-electron chi connectivity index (χ1n) is 17.8. The minimum absolute atomic E-state index is 1.13. The molecule has 8 aromatic carbocycles. The Labute approximate surface area is 317 Å². The van der Waals surface area contributed by atoms with Gasteiger partial charge >= 0.3 is 0 Å². The van der Waals surface area contributed by atoms with Crippen molar-refractivity contribution in [3.63, 3.8) is 0 Å². The molecule has 0 spiro atoms. The Kier molecular flexibility index (Phi) is 6.28. The molecule has 12 rings (SSSR count). The molecule has 0 N–H and O–H groups in total. The summed E-state index contributed by atoms with van der Waals surface area (Å²) in [7, 11) is 0. The molecular weight excluding hydrogens is 701 g/mol. The molecule has 0 unspecified atom stereocenters. The lowest BCUT2D eigenvalue weighted by atomic mass is 10.0. The van der Waals surface area contributed by atoms with E-state index in [2.05, 4.69) is 180 Å². The third-order valence-electron chi connectivity index (χ3n) is 10.7. The molecule has 2 nitrogen and oxygen atoms in total. The lowest BCUT2D eigenvalue weighted by Crippen LogP contribution is -2.14. The van der Waals surface area contributed by atoms with E-state index in [0.29, 0.717) is 0 Å². The Hall–Kier alpha value is -5.98. The summed E-state index contributed by atoms with van der Waals surface area (Å²) in [6.45, 7) is 0. The summed E-state index contributed by atoms with van der Waals surface area (Å²) in [6, 6.07) is 63.2. The van der Waals surface area contributed by atoms with Crippen molar-refractivity contribution in [1.29, 1.82) is 0 Å². The molecule has 0 aliphatic carbocycles. The van der Waals surface area contributed by atoms with Gasteiger partial charge in [-0.25, -0.2) is 0 Å². The zero-order chi connectivity index (χ0) is 34.6. The zero-order valence-electron chi connectivity index (χ0n) is 28.3. The van der Waals surface area contributed by atoms with Crippen molar-refractivity contribution in [3.05, 3.63) is 170 Å². The van der Waals surface area contributed by atoms with E-state index in [1.165, 1.54) is 88.7 Å². The van der Waals surface area contributed by atoms with Crippen LogP contribution in [0.15, 0.2) is 170 Å². The SMILES string of the molecule is c1ccc(-c2cc3cc(c2)N(c2cccc4sc5ccccc5c24)c2cccc4c2sc2c(cccc24)N3c2ccc3sc4ccccc4c3c2)cc1. The molecule has 1 aliphatic rings. The Bertz CT molecular complexity index is 3260. The average Bonchev–Trinajstić information content (AvgIpc) is 3.90. The van der Waals surface area contributed by atoms with Crippen molar-refractivity contribution in [1.82, 2.24) is 0 Å². The topological polar surface area (TPSA) is 6.48 Å². The predicted molar refractivity (Wildman–Crippen MR) is 233 cm³/mol. The summed E-state index contributed by atoms with van der Waals surface area (Å²) in [5.41, 5.74) is 9.38. The smallest absolute Gasteiger partial charge is 0.0640 e. The molecule has 0 saturated heterocycles. The van der Waals surface area contributed by atoms with Crippen LogP contribution in [0.5, 0.6) is 0 Å². The van der Waals surface area contributed by atoms with E-state index in [1.807, 2.05) is 34.0 Å². The van der Waals surface area contributed by atoms with E-state index in [-0.39, 0.29) is 0 Å². The number of benzene rings is 8. The van der Waals surface area contributed by atoms with Crippen LogP contribution >= 0.6 is 34.0 Å². The number of hydrogen-bond donors (Lipinski definition) is 0.